The summed E-state index contributed by atoms with van der Waals surface area (Å²) in [4.78, 5) is 17.8. The van der Waals surface area contributed by atoms with Crippen molar-refractivity contribution in [3.8, 4) is 22.8 Å². The van der Waals surface area contributed by atoms with E-state index in [-0.39, 0.29) is 18.4 Å². The highest BCUT2D eigenvalue weighted by atomic mass is 16.5. The van der Waals surface area contributed by atoms with Crippen molar-refractivity contribution >= 4 is 5.97 Å². The Labute approximate surface area is 182 Å². The maximum Gasteiger partial charge on any atom is 0.303 e. The van der Waals surface area contributed by atoms with Crippen LogP contribution in [0.3, 0.4) is 0 Å². The number of aromatic nitrogens is 2. The van der Waals surface area contributed by atoms with Gasteiger partial charge in [0.25, 0.3) is 5.89 Å². The topological polar surface area (TPSA) is 79.5 Å². The van der Waals surface area contributed by atoms with Crippen LogP contribution < -0.4 is 0 Å². The molecule has 0 saturated carbocycles. The van der Waals surface area contributed by atoms with Gasteiger partial charge < -0.3 is 9.63 Å². The molecule has 0 radical (unpaired) electrons. The number of benzene rings is 2. The number of hydrogen-bond donors (Lipinski definition) is 1. The van der Waals surface area contributed by atoms with Crippen LogP contribution >= 0.6 is 0 Å². The average Bonchev–Trinajstić information content (AvgIpc) is 3.35. The van der Waals surface area contributed by atoms with E-state index in [1.54, 1.807) is 0 Å². The van der Waals surface area contributed by atoms with Crippen LogP contribution in [0.2, 0.25) is 0 Å². The number of carbonyl (C=O) groups is 1. The Hall–Kier alpha value is -2.99. The van der Waals surface area contributed by atoms with Crippen LogP contribution in [0.1, 0.15) is 43.9 Å². The molecule has 0 aliphatic carbocycles. The Kier molecular flexibility index (Phi) is 6.18. The van der Waals surface area contributed by atoms with Gasteiger partial charge in [0, 0.05) is 30.1 Å². The van der Waals surface area contributed by atoms with E-state index in [1.165, 1.54) is 11.1 Å². The third-order valence-electron chi connectivity index (χ3n) is 5.92. The Bertz CT molecular complexity index is 1020. The minimum atomic E-state index is -0.725. The summed E-state index contributed by atoms with van der Waals surface area (Å²) in [5.74, 6) is 1.17. The highest BCUT2D eigenvalue weighted by molar-refractivity contribution is 5.67. The zero-order valence-electron chi connectivity index (χ0n) is 18.3. The predicted octanol–water partition coefficient (Wildman–Crippen LogP) is 5.07. The largest absolute Gasteiger partial charge is 0.481 e. The second kappa shape index (κ2) is 9.02. The number of carboxylic acids is 1. The SMILES string of the molecule is CC(C)Cc1ccc(-c2nc(-c3ccc([C@@H]4C[C@@H](CC(=O)O)CN4C)cc3)no2)cc1. The minimum absolute atomic E-state index is 0.193. The first-order valence-corrected chi connectivity index (χ1v) is 10.8. The summed E-state index contributed by atoms with van der Waals surface area (Å²) in [6.45, 7) is 5.23. The van der Waals surface area contributed by atoms with Crippen molar-refractivity contribution in [3.05, 3.63) is 59.7 Å². The quantitative estimate of drug-likeness (QED) is 0.576. The molecule has 4 rings (SSSR count). The van der Waals surface area contributed by atoms with Crippen LogP contribution in [0.25, 0.3) is 22.8 Å². The molecule has 1 N–H and O–H groups in total. The highest BCUT2D eigenvalue weighted by Gasteiger charge is 2.31. The molecule has 6 heteroatoms. The van der Waals surface area contributed by atoms with E-state index in [1.807, 2.05) is 24.3 Å². The van der Waals surface area contributed by atoms with E-state index in [2.05, 4.69) is 60.2 Å². The molecule has 3 aromatic rings. The van der Waals surface area contributed by atoms with Crippen molar-refractivity contribution in [2.45, 2.75) is 39.2 Å². The predicted molar refractivity (Wildman–Crippen MR) is 119 cm³/mol. The van der Waals surface area contributed by atoms with Crippen molar-refractivity contribution in [3.63, 3.8) is 0 Å². The molecule has 1 aliphatic heterocycles. The summed E-state index contributed by atoms with van der Waals surface area (Å²) < 4.78 is 5.50. The Morgan fingerprint density at radius 3 is 2.45 bits per heavy atom. The zero-order valence-corrected chi connectivity index (χ0v) is 18.3. The normalized spacial score (nSPS) is 19.2. The lowest BCUT2D eigenvalue weighted by molar-refractivity contribution is -0.138. The standard InChI is InChI=1S/C25H29N3O3/c1-16(2)12-17-4-6-21(7-5-17)25-26-24(27-31-25)20-10-8-19(9-11-20)22-13-18(14-23(29)30)15-28(22)3/h4-11,16,18,22H,12-15H2,1-3H3,(H,29,30)/t18-,22-/m0/s1. The number of likely N-dealkylation sites (tertiary alicyclic amines) is 1. The van der Waals surface area contributed by atoms with Gasteiger partial charge in [0.05, 0.1) is 0 Å². The van der Waals surface area contributed by atoms with E-state index in [0.29, 0.717) is 17.6 Å². The maximum absolute atomic E-state index is 11.0. The van der Waals surface area contributed by atoms with Crippen LogP contribution in [-0.2, 0) is 11.2 Å². The zero-order chi connectivity index (χ0) is 22.0. The first-order valence-electron chi connectivity index (χ1n) is 10.8. The first kappa shape index (κ1) is 21.2. The second-order valence-corrected chi connectivity index (χ2v) is 9.00. The summed E-state index contributed by atoms with van der Waals surface area (Å²) in [7, 11) is 2.05. The highest BCUT2D eigenvalue weighted by Crippen LogP contribution is 2.36. The molecule has 1 aromatic heterocycles. The number of rotatable bonds is 7. The van der Waals surface area contributed by atoms with Gasteiger partial charge in [-0.15, -0.1) is 0 Å². The fraction of sp³-hybridized carbons (Fsp3) is 0.400. The molecule has 0 bridgehead atoms. The first-order chi connectivity index (χ1) is 14.9. The number of nitrogens with zero attached hydrogens (tertiary/aromatic N) is 3. The van der Waals surface area contributed by atoms with Crippen LogP contribution in [0.15, 0.2) is 53.1 Å². The molecule has 31 heavy (non-hydrogen) atoms. The second-order valence-electron chi connectivity index (χ2n) is 9.00. The lowest BCUT2D eigenvalue weighted by Gasteiger charge is -2.19. The summed E-state index contributed by atoms with van der Waals surface area (Å²) in [6, 6.07) is 16.7. The van der Waals surface area contributed by atoms with Crippen LogP contribution in [0, 0.1) is 11.8 Å². The molecule has 1 aliphatic rings. The Morgan fingerprint density at radius 2 is 1.81 bits per heavy atom. The lowest BCUT2D eigenvalue weighted by Crippen LogP contribution is -2.18. The molecule has 162 valence electrons. The van der Waals surface area contributed by atoms with Gasteiger partial charge in [0.1, 0.15) is 0 Å². The van der Waals surface area contributed by atoms with Crippen molar-refractivity contribution in [1.82, 2.24) is 15.0 Å². The molecule has 1 saturated heterocycles. The summed E-state index contributed by atoms with van der Waals surface area (Å²) in [6.07, 6.45) is 2.14. The molecule has 2 atom stereocenters. The van der Waals surface area contributed by atoms with Gasteiger partial charge in [-0.05, 0) is 55.0 Å². The Balaban J connectivity index is 1.45. The minimum Gasteiger partial charge on any atom is -0.481 e. The number of carboxylic acid groups (broad SMARTS) is 1. The Morgan fingerprint density at radius 1 is 1.13 bits per heavy atom. The van der Waals surface area contributed by atoms with Crippen molar-refractivity contribution < 1.29 is 14.4 Å². The van der Waals surface area contributed by atoms with Gasteiger partial charge in [-0.3, -0.25) is 9.69 Å². The van der Waals surface area contributed by atoms with E-state index < -0.39 is 5.97 Å². The van der Waals surface area contributed by atoms with Gasteiger partial charge in [-0.25, -0.2) is 0 Å². The van der Waals surface area contributed by atoms with Crippen LogP contribution in [0.5, 0.6) is 0 Å². The molecule has 2 heterocycles. The van der Waals surface area contributed by atoms with Gasteiger partial charge >= 0.3 is 5.97 Å². The van der Waals surface area contributed by atoms with E-state index >= 15 is 0 Å². The molecule has 0 spiro atoms. The lowest BCUT2D eigenvalue weighted by atomic mass is 9.97. The fourth-order valence-corrected chi connectivity index (χ4v) is 4.46. The molecule has 1 fully saturated rings. The molecular formula is C25H29N3O3. The monoisotopic (exact) mass is 419 g/mol. The van der Waals surface area contributed by atoms with E-state index in [4.69, 9.17) is 9.63 Å². The third-order valence-corrected chi connectivity index (χ3v) is 5.92. The maximum atomic E-state index is 11.0. The molecule has 0 amide bonds. The third kappa shape index (κ3) is 5.02. The van der Waals surface area contributed by atoms with Crippen LogP contribution in [-0.4, -0.2) is 39.7 Å². The molecule has 0 unspecified atom stereocenters. The van der Waals surface area contributed by atoms with Gasteiger partial charge in [-0.1, -0.05) is 55.4 Å². The van der Waals surface area contributed by atoms with E-state index in [9.17, 15) is 4.79 Å². The summed E-state index contributed by atoms with van der Waals surface area (Å²) in [5.41, 5.74) is 4.30. The average molecular weight is 420 g/mol. The van der Waals surface area contributed by atoms with Crippen molar-refractivity contribution in [1.29, 1.82) is 0 Å². The fourth-order valence-electron chi connectivity index (χ4n) is 4.46. The molecule has 2 aromatic carbocycles. The molecule has 6 nitrogen and oxygen atoms in total. The van der Waals surface area contributed by atoms with Gasteiger partial charge in [0.2, 0.25) is 5.82 Å². The summed E-state index contributed by atoms with van der Waals surface area (Å²) >= 11 is 0. The van der Waals surface area contributed by atoms with Gasteiger partial charge in [0.15, 0.2) is 0 Å². The smallest absolute Gasteiger partial charge is 0.303 e. The van der Waals surface area contributed by atoms with Crippen molar-refractivity contribution in [2.24, 2.45) is 11.8 Å². The van der Waals surface area contributed by atoms with Crippen molar-refractivity contribution in [2.75, 3.05) is 13.6 Å². The summed E-state index contributed by atoms with van der Waals surface area (Å²) in [5, 5.41) is 13.2. The number of aliphatic carboxylic acids is 1. The number of hydrogen-bond acceptors (Lipinski definition) is 5. The van der Waals surface area contributed by atoms with E-state index in [0.717, 1.165) is 30.5 Å². The van der Waals surface area contributed by atoms with Gasteiger partial charge in [-0.2, -0.15) is 4.98 Å². The van der Waals surface area contributed by atoms with Crippen LogP contribution in [0.4, 0.5) is 0 Å². The molecular weight excluding hydrogens is 390 g/mol.